The van der Waals surface area contributed by atoms with Crippen molar-refractivity contribution in [3.05, 3.63) is 87.9 Å². The summed E-state index contributed by atoms with van der Waals surface area (Å²) in [4.78, 5) is 27.1. The summed E-state index contributed by atoms with van der Waals surface area (Å²) in [6.07, 6.45) is 1.88. The molecule has 0 atom stereocenters. The van der Waals surface area contributed by atoms with E-state index >= 15 is 0 Å². The van der Waals surface area contributed by atoms with Gasteiger partial charge in [-0.15, -0.1) is 0 Å². The summed E-state index contributed by atoms with van der Waals surface area (Å²) in [5.41, 5.74) is 4.35. The van der Waals surface area contributed by atoms with E-state index in [1.54, 1.807) is 25.1 Å². The summed E-state index contributed by atoms with van der Waals surface area (Å²) in [7, 11) is 0. The summed E-state index contributed by atoms with van der Waals surface area (Å²) in [6, 6.07) is 21.4. The van der Waals surface area contributed by atoms with Gasteiger partial charge in [0.15, 0.2) is 5.78 Å². The number of hydrogen-bond donors (Lipinski definition) is 2. The van der Waals surface area contributed by atoms with Crippen molar-refractivity contribution in [3.8, 4) is 11.1 Å². The van der Waals surface area contributed by atoms with Crippen LogP contribution in [0.3, 0.4) is 0 Å². The minimum atomic E-state index is -0.290. The molecule has 0 radical (unpaired) electrons. The number of halogens is 2. The molecule has 37 heavy (non-hydrogen) atoms. The molecule has 3 aromatic carbocycles. The molecule has 1 saturated heterocycles. The van der Waals surface area contributed by atoms with Crippen molar-refractivity contribution in [1.29, 1.82) is 0 Å². The lowest BCUT2D eigenvalue weighted by Crippen LogP contribution is -2.51. The smallest absolute Gasteiger partial charge is 0.319 e. The van der Waals surface area contributed by atoms with Crippen molar-refractivity contribution < 1.29 is 9.59 Å². The van der Waals surface area contributed by atoms with Gasteiger partial charge in [-0.3, -0.25) is 4.79 Å². The van der Waals surface area contributed by atoms with Gasteiger partial charge in [-0.2, -0.15) is 0 Å². The minimum Gasteiger partial charge on any atom is -0.337 e. The molecule has 1 aliphatic heterocycles. The van der Waals surface area contributed by atoms with Crippen LogP contribution < -0.4 is 10.6 Å². The zero-order chi connectivity index (χ0) is 26.6. The number of carbonyl (C=O) groups is 2. The third-order valence-corrected chi connectivity index (χ3v) is 7.73. The van der Waals surface area contributed by atoms with E-state index in [4.69, 9.17) is 23.2 Å². The number of urea groups is 1. The van der Waals surface area contributed by atoms with Crippen LogP contribution in [0.2, 0.25) is 10.0 Å². The van der Waals surface area contributed by atoms with Crippen molar-refractivity contribution in [2.24, 2.45) is 0 Å². The van der Waals surface area contributed by atoms with Crippen LogP contribution in [0.5, 0.6) is 0 Å². The number of benzene rings is 3. The zero-order valence-electron chi connectivity index (χ0n) is 21.5. The number of nitrogens with zero attached hydrogens (tertiary/aromatic N) is 1. The summed E-state index contributed by atoms with van der Waals surface area (Å²) in [5, 5.41) is 6.88. The summed E-state index contributed by atoms with van der Waals surface area (Å²) < 4.78 is 0. The SMILES string of the molecule is CC(=O)c1cccc(-c2ccc(C3(CNC(=O)Nc4cc(Cl)cc(Cl)c4)CCN(C(C)C)CC3)cc2)c1. The lowest BCUT2D eigenvalue weighted by atomic mass is 9.72. The van der Waals surface area contributed by atoms with E-state index in [2.05, 4.69) is 53.6 Å². The average molecular weight is 539 g/mol. The Labute approximate surface area is 229 Å². The molecule has 4 rings (SSSR count). The van der Waals surface area contributed by atoms with Crippen LogP contribution in [0.4, 0.5) is 10.5 Å². The maximum absolute atomic E-state index is 12.8. The van der Waals surface area contributed by atoms with E-state index in [0.717, 1.165) is 37.1 Å². The van der Waals surface area contributed by atoms with Gasteiger partial charge in [0.05, 0.1) is 0 Å². The number of piperidine rings is 1. The number of hydrogen-bond acceptors (Lipinski definition) is 3. The molecule has 1 fully saturated rings. The molecule has 1 heterocycles. The fourth-order valence-corrected chi connectivity index (χ4v) is 5.55. The van der Waals surface area contributed by atoms with E-state index in [-0.39, 0.29) is 17.2 Å². The van der Waals surface area contributed by atoms with Crippen LogP contribution in [0, 0.1) is 0 Å². The molecule has 7 heteroatoms. The highest BCUT2D eigenvalue weighted by atomic mass is 35.5. The van der Waals surface area contributed by atoms with Crippen LogP contribution in [0.25, 0.3) is 11.1 Å². The van der Waals surface area contributed by atoms with Crippen molar-refractivity contribution in [2.45, 2.75) is 45.1 Å². The molecule has 0 saturated carbocycles. The number of anilines is 1. The van der Waals surface area contributed by atoms with Crippen LogP contribution >= 0.6 is 23.2 Å². The number of Topliss-reactive ketones (excluding diaryl/α,β-unsaturated/α-hetero) is 1. The fourth-order valence-electron chi connectivity index (χ4n) is 5.02. The van der Waals surface area contributed by atoms with Crippen LogP contribution in [-0.2, 0) is 5.41 Å². The van der Waals surface area contributed by atoms with Crippen LogP contribution in [0.15, 0.2) is 66.7 Å². The number of ketones is 1. The van der Waals surface area contributed by atoms with Crippen LogP contribution in [0.1, 0.15) is 49.5 Å². The Hall–Kier alpha value is -2.86. The quantitative estimate of drug-likeness (QED) is 0.308. The molecular formula is C30H33Cl2N3O2. The van der Waals surface area contributed by atoms with E-state index in [0.29, 0.717) is 33.9 Å². The van der Waals surface area contributed by atoms with Crippen molar-refractivity contribution >= 4 is 40.7 Å². The van der Waals surface area contributed by atoms with Crippen molar-refractivity contribution in [1.82, 2.24) is 10.2 Å². The Balaban J connectivity index is 1.54. The number of likely N-dealkylation sites (tertiary alicyclic amines) is 1. The Morgan fingerprint density at radius 3 is 2.16 bits per heavy atom. The predicted octanol–water partition coefficient (Wildman–Crippen LogP) is 7.43. The van der Waals surface area contributed by atoms with Gasteiger partial charge < -0.3 is 15.5 Å². The van der Waals surface area contributed by atoms with Crippen LogP contribution in [-0.4, -0.2) is 42.4 Å². The Morgan fingerprint density at radius 1 is 0.919 bits per heavy atom. The van der Waals surface area contributed by atoms with Gasteiger partial charge in [-0.05, 0) is 87.7 Å². The molecule has 0 spiro atoms. The lowest BCUT2D eigenvalue weighted by Gasteiger charge is -2.44. The van der Waals surface area contributed by atoms with Crippen molar-refractivity contribution in [3.63, 3.8) is 0 Å². The number of carbonyl (C=O) groups excluding carboxylic acids is 2. The molecule has 2 N–H and O–H groups in total. The second kappa shape index (κ2) is 11.7. The average Bonchev–Trinajstić information content (AvgIpc) is 2.87. The molecule has 0 aliphatic carbocycles. The van der Waals surface area contributed by atoms with Gasteiger partial charge in [0.1, 0.15) is 0 Å². The Kier molecular flexibility index (Phi) is 8.58. The first-order valence-electron chi connectivity index (χ1n) is 12.6. The van der Waals surface area contributed by atoms with Gasteiger partial charge in [0.2, 0.25) is 0 Å². The molecule has 0 bridgehead atoms. The normalized spacial score (nSPS) is 15.4. The summed E-state index contributed by atoms with van der Waals surface area (Å²) in [5.74, 6) is 0.0544. The van der Waals surface area contributed by atoms with E-state index in [1.807, 2.05) is 24.3 Å². The molecule has 2 amide bonds. The highest BCUT2D eigenvalue weighted by molar-refractivity contribution is 6.35. The standard InChI is InChI=1S/C30H33Cl2N3O2/c1-20(2)35-13-11-30(12-14-35,19-33-29(37)34-28-17-26(31)16-27(32)18-28)25-9-7-22(8-10-25)24-6-4-5-23(15-24)21(3)36/h4-10,15-18,20H,11-14,19H2,1-3H3,(H2,33,34,37). The Bertz CT molecular complexity index is 1250. The van der Waals surface area contributed by atoms with Gasteiger partial charge in [0.25, 0.3) is 0 Å². The van der Waals surface area contributed by atoms with E-state index in [1.165, 1.54) is 5.56 Å². The molecule has 194 valence electrons. The van der Waals surface area contributed by atoms with Crippen molar-refractivity contribution in [2.75, 3.05) is 25.0 Å². The first kappa shape index (κ1) is 27.2. The molecular weight excluding hydrogens is 505 g/mol. The first-order valence-corrected chi connectivity index (χ1v) is 13.4. The van der Waals surface area contributed by atoms with Gasteiger partial charge in [-0.25, -0.2) is 4.79 Å². The highest BCUT2D eigenvalue weighted by Gasteiger charge is 2.37. The molecule has 1 aliphatic rings. The molecule has 3 aromatic rings. The number of rotatable bonds is 7. The largest absolute Gasteiger partial charge is 0.337 e. The summed E-state index contributed by atoms with van der Waals surface area (Å²) >= 11 is 12.2. The topological polar surface area (TPSA) is 61.4 Å². The second-order valence-corrected chi connectivity index (χ2v) is 11.0. The molecule has 0 unspecified atom stereocenters. The third-order valence-electron chi connectivity index (χ3n) is 7.29. The Morgan fingerprint density at radius 2 is 1.57 bits per heavy atom. The number of nitrogens with one attached hydrogen (secondary N) is 2. The predicted molar refractivity (Wildman–Crippen MR) is 153 cm³/mol. The lowest BCUT2D eigenvalue weighted by molar-refractivity contribution is 0.101. The first-order chi connectivity index (χ1) is 17.6. The zero-order valence-corrected chi connectivity index (χ0v) is 23.0. The van der Waals surface area contributed by atoms with E-state index < -0.39 is 0 Å². The monoisotopic (exact) mass is 537 g/mol. The van der Waals surface area contributed by atoms with Gasteiger partial charge in [-0.1, -0.05) is 65.7 Å². The molecule has 5 nitrogen and oxygen atoms in total. The van der Waals surface area contributed by atoms with E-state index in [9.17, 15) is 9.59 Å². The minimum absolute atomic E-state index is 0.0544. The second-order valence-electron chi connectivity index (χ2n) is 10.1. The fraction of sp³-hybridized carbons (Fsp3) is 0.333. The maximum atomic E-state index is 12.8. The van der Waals surface area contributed by atoms with Gasteiger partial charge >= 0.3 is 6.03 Å². The highest BCUT2D eigenvalue weighted by Crippen LogP contribution is 2.37. The molecule has 0 aromatic heterocycles. The third kappa shape index (κ3) is 6.72. The maximum Gasteiger partial charge on any atom is 0.319 e. The summed E-state index contributed by atoms with van der Waals surface area (Å²) in [6.45, 7) is 8.47. The number of amides is 2. The van der Waals surface area contributed by atoms with Gasteiger partial charge in [0, 0.05) is 39.3 Å².